The molecule has 1 aromatic carbocycles. The number of aliphatic hydroxyl groups is 2. The molecular formula is C22H40N2O2. The predicted octanol–water partition coefficient (Wildman–Crippen LogP) is 4.26. The summed E-state index contributed by atoms with van der Waals surface area (Å²) in [4.78, 5) is 4.24. The molecule has 0 aliphatic rings. The summed E-state index contributed by atoms with van der Waals surface area (Å²) in [6.07, 6.45) is 3.98. The van der Waals surface area contributed by atoms with Crippen molar-refractivity contribution in [2.24, 2.45) is 0 Å². The molecule has 0 fully saturated rings. The van der Waals surface area contributed by atoms with E-state index in [0.717, 1.165) is 63.0 Å². The van der Waals surface area contributed by atoms with Crippen molar-refractivity contribution in [1.29, 1.82) is 0 Å². The molecule has 1 aromatic rings. The molecule has 0 aliphatic carbocycles. The van der Waals surface area contributed by atoms with Crippen LogP contribution in [0.25, 0.3) is 0 Å². The van der Waals surface area contributed by atoms with E-state index in [9.17, 15) is 10.2 Å². The SMILES string of the molecule is CCCN(CCC)C(C)(O)c1cccc(C(C)(O)N(CCC)CCC)c1. The first-order chi connectivity index (χ1) is 12.2. The van der Waals surface area contributed by atoms with Crippen LogP contribution >= 0.6 is 0 Å². The van der Waals surface area contributed by atoms with Crippen LogP contribution in [-0.4, -0.2) is 46.2 Å². The van der Waals surface area contributed by atoms with Crippen LogP contribution in [0.4, 0.5) is 0 Å². The van der Waals surface area contributed by atoms with Crippen LogP contribution < -0.4 is 0 Å². The van der Waals surface area contributed by atoms with E-state index in [1.807, 2.05) is 38.1 Å². The van der Waals surface area contributed by atoms with Gasteiger partial charge in [-0.2, -0.15) is 0 Å². The summed E-state index contributed by atoms with van der Waals surface area (Å²) in [5.41, 5.74) is -0.410. The smallest absolute Gasteiger partial charge is 0.141 e. The molecule has 4 heteroatoms. The average Bonchev–Trinajstić information content (AvgIpc) is 2.61. The molecule has 0 aliphatic heterocycles. The first kappa shape index (κ1) is 23.1. The maximum atomic E-state index is 11.3. The second kappa shape index (κ2) is 10.4. The van der Waals surface area contributed by atoms with E-state index < -0.39 is 11.4 Å². The zero-order chi connectivity index (χ0) is 19.8. The van der Waals surface area contributed by atoms with E-state index in [0.29, 0.717) is 0 Å². The Labute approximate surface area is 160 Å². The first-order valence-electron chi connectivity index (χ1n) is 10.3. The summed E-state index contributed by atoms with van der Waals surface area (Å²) in [7, 11) is 0. The fourth-order valence-corrected chi connectivity index (χ4v) is 3.65. The van der Waals surface area contributed by atoms with Crippen molar-refractivity contribution < 1.29 is 10.2 Å². The lowest BCUT2D eigenvalue weighted by molar-refractivity contribution is -0.106. The summed E-state index contributed by atoms with van der Waals surface area (Å²) in [6, 6.07) is 7.83. The quantitative estimate of drug-likeness (QED) is 0.544. The Balaban J connectivity index is 3.22. The minimum atomic E-state index is -1.04. The van der Waals surface area contributed by atoms with Crippen LogP contribution in [0, 0.1) is 0 Å². The molecular weight excluding hydrogens is 324 g/mol. The Kier molecular flexibility index (Phi) is 9.25. The average molecular weight is 365 g/mol. The highest BCUT2D eigenvalue weighted by atomic mass is 16.3. The lowest BCUT2D eigenvalue weighted by Gasteiger charge is -2.40. The normalized spacial score (nSPS) is 16.7. The van der Waals surface area contributed by atoms with Crippen molar-refractivity contribution >= 4 is 0 Å². The minimum Gasteiger partial charge on any atom is -0.372 e. The fourth-order valence-electron chi connectivity index (χ4n) is 3.65. The number of rotatable bonds is 12. The Morgan fingerprint density at radius 3 is 1.27 bits per heavy atom. The molecule has 4 nitrogen and oxygen atoms in total. The summed E-state index contributed by atoms with van der Waals surface area (Å²) in [6.45, 7) is 15.6. The second-order valence-electron chi connectivity index (χ2n) is 7.60. The van der Waals surface area contributed by atoms with E-state index in [1.54, 1.807) is 0 Å². The zero-order valence-electron chi connectivity index (χ0n) is 17.8. The van der Waals surface area contributed by atoms with Gasteiger partial charge in [0.1, 0.15) is 11.4 Å². The minimum absolute atomic E-state index is 0.838. The van der Waals surface area contributed by atoms with Crippen molar-refractivity contribution in [2.75, 3.05) is 26.2 Å². The highest BCUT2D eigenvalue weighted by Gasteiger charge is 2.34. The molecule has 26 heavy (non-hydrogen) atoms. The van der Waals surface area contributed by atoms with E-state index in [-0.39, 0.29) is 0 Å². The Bertz CT molecular complexity index is 473. The van der Waals surface area contributed by atoms with Gasteiger partial charge in [0.2, 0.25) is 0 Å². The van der Waals surface area contributed by atoms with Gasteiger partial charge in [-0.1, -0.05) is 45.9 Å². The molecule has 2 unspecified atom stereocenters. The third-order valence-corrected chi connectivity index (χ3v) is 5.16. The second-order valence-corrected chi connectivity index (χ2v) is 7.60. The van der Waals surface area contributed by atoms with Gasteiger partial charge in [0, 0.05) is 26.2 Å². The Morgan fingerprint density at radius 2 is 1.00 bits per heavy atom. The van der Waals surface area contributed by atoms with Crippen LogP contribution in [0.5, 0.6) is 0 Å². The van der Waals surface area contributed by atoms with E-state index in [1.165, 1.54) is 0 Å². The van der Waals surface area contributed by atoms with Crippen LogP contribution in [0.1, 0.15) is 78.4 Å². The number of nitrogens with zero attached hydrogens (tertiary/aromatic N) is 2. The molecule has 0 aromatic heterocycles. The van der Waals surface area contributed by atoms with Crippen LogP contribution in [-0.2, 0) is 11.4 Å². The molecule has 0 heterocycles. The zero-order valence-corrected chi connectivity index (χ0v) is 17.8. The van der Waals surface area contributed by atoms with Crippen molar-refractivity contribution in [1.82, 2.24) is 9.80 Å². The van der Waals surface area contributed by atoms with Gasteiger partial charge in [-0.3, -0.25) is 9.80 Å². The monoisotopic (exact) mass is 364 g/mol. The van der Waals surface area contributed by atoms with Gasteiger partial charge >= 0.3 is 0 Å². The van der Waals surface area contributed by atoms with E-state index >= 15 is 0 Å². The van der Waals surface area contributed by atoms with E-state index in [2.05, 4.69) is 37.5 Å². The largest absolute Gasteiger partial charge is 0.372 e. The molecule has 0 saturated heterocycles. The maximum Gasteiger partial charge on any atom is 0.141 e. The molecule has 0 radical (unpaired) electrons. The molecule has 2 atom stereocenters. The highest BCUT2D eigenvalue weighted by Crippen LogP contribution is 2.31. The predicted molar refractivity (Wildman–Crippen MR) is 110 cm³/mol. The van der Waals surface area contributed by atoms with Crippen molar-refractivity contribution in [3.8, 4) is 0 Å². The van der Waals surface area contributed by atoms with Gasteiger partial charge < -0.3 is 10.2 Å². The van der Waals surface area contributed by atoms with Crippen molar-refractivity contribution in [2.45, 2.75) is 78.7 Å². The first-order valence-corrected chi connectivity index (χ1v) is 10.3. The third kappa shape index (κ3) is 5.53. The maximum absolute atomic E-state index is 11.3. The van der Waals surface area contributed by atoms with Gasteiger partial charge in [0.25, 0.3) is 0 Å². The topological polar surface area (TPSA) is 46.9 Å². The van der Waals surface area contributed by atoms with E-state index in [4.69, 9.17) is 0 Å². The molecule has 0 spiro atoms. The molecule has 0 saturated carbocycles. The molecule has 1 rings (SSSR count). The van der Waals surface area contributed by atoms with Crippen LogP contribution in [0.2, 0.25) is 0 Å². The number of benzene rings is 1. The molecule has 2 N–H and O–H groups in total. The van der Waals surface area contributed by atoms with Crippen LogP contribution in [0.3, 0.4) is 0 Å². The number of hydrogen-bond acceptors (Lipinski definition) is 4. The lowest BCUT2D eigenvalue weighted by Crippen LogP contribution is -2.46. The van der Waals surface area contributed by atoms with Gasteiger partial charge in [-0.15, -0.1) is 0 Å². The van der Waals surface area contributed by atoms with Gasteiger partial charge in [0.05, 0.1) is 0 Å². The lowest BCUT2D eigenvalue weighted by atomic mass is 9.94. The highest BCUT2D eigenvalue weighted by molar-refractivity contribution is 5.31. The summed E-state index contributed by atoms with van der Waals surface area (Å²) in [5, 5.41) is 22.5. The molecule has 150 valence electrons. The van der Waals surface area contributed by atoms with Crippen molar-refractivity contribution in [3.63, 3.8) is 0 Å². The summed E-state index contributed by atoms with van der Waals surface area (Å²) in [5.74, 6) is 0. The Morgan fingerprint density at radius 1 is 0.692 bits per heavy atom. The van der Waals surface area contributed by atoms with Gasteiger partial charge in [-0.05, 0) is 56.7 Å². The van der Waals surface area contributed by atoms with Gasteiger partial charge in [-0.25, -0.2) is 0 Å². The standard InChI is InChI=1S/C22H40N2O2/c1-7-14-23(15-8-2)21(5,25)19-12-11-13-20(18-19)22(6,26)24(16-9-3)17-10-4/h11-13,18,25-26H,7-10,14-17H2,1-6H3. The number of hydrogen-bond donors (Lipinski definition) is 2. The Hall–Kier alpha value is -0.940. The summed E-state index contributed by atoms with van der Waals surface area (Å²) < 4.78 is 0. The fraction of sp³-hybridized carbons (Fsp3) is 0.727. The third-order valence-electron chi connectivity index (χ3n) is 5.16. The molecule has 0 amide bonds. The van der Waals surface area contributed by atoms with Crippen LogP contribution in [0.15, 0.2) is 24.3 Å². The van der Waals surface area contributed by atoms with Crippen molar-refractivity contribution in [3.05, 3.63) is 35.4 Å². The van der Waals surface area contributed by atoms with Gasteiger partial charge in [0.15, 0.2) is 0 Å². The summed E-state index contributed by atoms with van der Waals surface area (Å²) >= 11 is 0. The molecule has 0 bridgehead atoms.